The van der Waals surface area contributed by atoms with Crippen molar-refractivity contribution in [3.63, 3.8) is 0 Å². The average Bonchev–Trinajstić information content (AvgIpc) is 2.77. The molecular formula is C23H29N3O3S. The molecule has 3 rings (SSSR count). The third kappa shape index (κ3) is 4.78. The van der Waals surface area contributed by atoms with Crippen LogP contribution in [0.4, 0.5) is 0 Å². The topological polar surface area (TPSA) is 71.4 Å². The number of aromatic nitrogens is 1. The zero-order valence-corrected chi connectivity index (χ0v) is 18.6. The van der Waals surface area contributed by atoms with Crippen molar-refractivity contribution in [2.24, 2.45) is 0 Å². The van der Waals surface area contributed by atoms with Crippen molar-refractivity contribution >= 4 is 23.6 Å². The zero-order chi connectivity index (χ0) is 21.7. The molecule has 0 fully saturated rings. The molecule has 0 aliphatic carbocycles. The van der Waals surface area contributed by atoms with E-state index >= 15 is 0 Å². The van der Waals surface area contributed by atoms with Crippen LogP contribution >= 0.6 is 11.8 Å². The molecule has 1 aliphatic rings. The van der Waals surface area contributed by atoms with E-state index < -0.39 is 0 Å². The van der Waals surface area contributed by atoms with Crippen molar-refractivity contribution in [1.82, 2.24) is 14.8 Å². The summed E-state index contributed by atoms with van der Waals surface area (Å²) in [5.74, 6) is 0.632. The highest BCUT2D eigenvalue weighted by atomic mass is 32.2. The fourth-order valence-corrected chi connectivity index (χ4v) is 4.69. The van der Waals surface area contributed by atoms with Gasteiger partial charge in [-0.2, -0.15) is 0 Å². The van der Waals surface area contributed by atoms with Crippen LogP contribution in [0, 0.1) is 0 Å². The van der Waals surface area contributed by atoms with E-state index in [1.165, 1.54) is 7.05 Å². The monoisotopic (exact) mass is 427 g/mol. The first kappa shape index (κ1) is 22.2. The van der Waals surface area contributed by atoms with Gasteiger partial charge >= 0.3 is 0 Å². The second-order valence-corrected chi connectivity index (χ2v) is 9.05. The van der Waals surface area contributed by atoms with E-state index in [9.17, 15) is 14.4 Å². The molecule has 1 atom stereocenters. The van der Waals surface area contributed by atoms with E-state index in [1.54, 1.807) is 16.3 Å². The summed E-state index contributed by atoms with van der Waals surface area (Å²) in [6, 6.07) is 9.95. The smallest absolute Gasteiger partial charge is 0.263 e. The van der Waals surface area contributed by atoms with Gasteiger partial charge in [-0.05, 0) is 42.2 Å². The summed E-state index contributed by atoms with van der Waals surface area (Å²) in [4.78, 5) is 40.3. The fraction of sp³-hybridized carbons (Fsp3) is 0.435. The van der Waals surface area contributed by atoms with Crippen molar-refractivity contribution in [2.45, 2.75) is 45.0 Å². The quantitative estimate of drug-likeness (QED) is 0.737. The molecule has 2 aromatic rings. The molecule has 1 unspecified atom stereocenters. The van der Waals surface area contributed by atoms with Crippen LogP contribution in [-0.2, 0) is 30.7 Å². The van der Waals surface area contributed by atoms with Crippen molar-refractivity contribution in [1.29, 1.82) is 0 Å². The lowest BCUT2D eigenvalue weighted by Gasteiger charge is -2.32. The minimum atomic E-state index is -0.361. The number of nitrogens with zero attached hydrogens (tertiary/aromatic N) is 2. The first-order valence-corrected chi connectivity index (χ1v) is 11.4. The summed E-state index contributed by atoms with van der Waals surface area (Å²) in [6.45, 7) is 5.41. The van der Waals surface area contributed by atoms with Gasteiger partial charge in [-0.15, -0.1) is 11.8 Å². The minimum Gasteiger partial charge on any atom is -0.355 e. The van der Waals surface area contributed by atoms with E-state index in [0.29, 0.717) is 32.5 Å². The standard InChI is InChI=1S/C23H29N3O3S/c1-4-30-16(2)22(28)25-13-11-19-18(14-25)15-26(23(29)20(19)21(27)24-3)12-10-17-8-6-5-7-9-17/h5-9,15-16H,4,10-14H2,1-3H3,(H,24,27). The van der Waals surface area contributed by atoms with Crippen LogP contribution in [0.15, 0.2) is 41.3 Å². The second kappa shape index (κ2) is 9.98. The van der Waals surface area contributed by atoms with Gasteiger partial charge < -0.3 is 14.8 Å². The first-order chi connectivity index (χ1) is 14.5. The Kier molecular flexibility index (Phi) is 7.37. The maximum Gasteiger partial charge on any atom is 0.263 e. The molecule has 0 saturated heterocycles. The molecule has 1 aliphatic heterocycles. The van der Waals surface area contributed by atoms with Gasteiger partial charge in [-0.1, -0.05) is 37.3 Å². The molecule has 0 bridgehead atoms. The van der Waals surface area contributed by atoms with E-state index in [2.05, 4.69) is 5.32 Å². The Bertz CT molecular complexity index is 972. The van der Waals surface area contributed by atoms with Gasteiger partial charge in [0.1, 0.15) is 5.56 Å². The summed E-state index contributed by atoms with van der Waals surface area (Å²) in [7, 11) is 1.54. The van der Waals surface area contributed by atoms with Crippen molar-refractivity contribution < 1.29 is 9.59 Å². The van der Waals surface area contributed by atoms with Gasteiger partial charge in [0.2, 0.25) is 5.91 Å². The van der Waals surface area contributed by atoms with Crippen LogP contribution < -0.4 is 10.9 Å². The van der Waals surface area contributed by atoms with Gasteiger partial charge in [0.05, 0.1) is 5.25 Å². The molecule has 6 nitrogen and oxygen atoms in total. The number of hydrogen-bond acceptors (Lipinski definition) is 4. The van der Waals surface area contributed by atoms with Crippen LogP contribution in [0.1, 0.15) is 40.9 Å². The maximum atomic E-state index is 13.1. The Hall–Kier alpha value is -2.54. The normalized spacial score (nSPS) is 14.2. The number of benzene rings is 1. The predicted octanol–water partition coefficient (Wildman–Crippen LogP) is 2.48. The van der Waals surface area contributed by atoms with Gasteiger partial charge in [-0.3, -0.25) is 14.4 Å². The summed E-state index contributed by atoms with van der Waals surface area (Å²) in [6.07, 6.45) is 3.05. The molecule has 160 valence electrons. The van der Waals surface area contributed by atoms with Crippen molar-refractivity contribution in [2.75, 3.05) is 19.3 Å². The Morgan fingerprint density at radius 2 is 1.97 bits per heavy atom. The zero-order valence-electron chi connectivity index (χ0n) is 17.8. The number of thioether (sulfide) groups is 1. The molecule has 7 heteroatoms. The molecule has 0 saturated carbocycles. The lowest BCUT2D eigenvalue weighted by molar-refractivity contribution is -0.131. The van der Waals surface area contributed by atoms with Gasteiger partial charge in [0, 0.05) is 32.9 Å². The number of hydrogen-bond donors (Lipinski definition) is 1. The number of nitrogens with one attached hydrogen (secondary N) is 1. The van der Waals surface area contributed by atoms with E-state index in [1.807, 2.05) is 55.3 Å². The van der Waals surface area contributed by atoms with Crippen LogP contribution in [0.2, 0.25) is 0 Å². The predicted molar refractivity (Wildman–Crippen MR) is 121 cm³/mol. The fourth-order valence-electron chi connectivity index (χ4n) is 3.90. The molecule has 1 N–H and O–H groups in total. The highest BCUT2D eigenvalue weighted by Crippen LogP contribution is 2.23. The molecular weight excluding hydrogens is 398 g/mol. The van der Waals surface area contributed by atoms with Crippen LogP contribution in [0.5, 0.6) is 0 Å². The highest BCUT2D eigenvalue weighted by Gasteiger charge is 2.29. The molecule has 1 aromatic heterocycles. The SMILES string of the molecule is CCSC(C)C(=O)N1CCc2c(cn(CCc3ccccc3)c(=O)c2C(=O)NC)C1. The molecule has 0 spiro atoms. The van der Waals surface area contributed by atoms with E-state index in [-0.39, 0.29) is 28.2 Å². The number of fused-ring (bicyclic) bond motifs is 1. The average molecular weight is 428 g/mol. The minimum absolute atomic E-state index is 0.0982. The first-order valence-electron chi connectivity index (χ1n) is 10.4. The van der Waals surface area contributed by atoms with E-state index in [4.69, 9.17) is 0 Å². The molecule has 30 heavy (non-hydrogen) atoms. The highest BCUT2D eigenvalue weighted by molar-refractivity contribution is 8.00. The number of carbonyl (C=O) groups excluding carboxylic acids is 2. The van der Waals surface area contributed by atoms with Crippen LogP contribution in [0.3, 0.4) is 0 Å². The number of amides is 2. The van der Waals surface area contributed by atoms with Gasteiger partial charge in [0.15, 0.2) is 0 Å². The third-order valence-corrected chi connectivity index (χ3v) is 6.52. The third-order valence-electron chi connectivity index (χ3n) is 5.48. The molecule has 0 radical (unpaired) electrons. The Morgan fingerprint density at radius 3 is 2.63 bits per heavy atom. The van der Waals surface area contributed by atoms with Gasteiger partial charge in [0.25, 0.3) is 11.5 Å². The lowest BCUT2D eigenvalue weighted by Crippen LogP contribution is -2.43. The summed E-state index contributed by atoms with van der Waals surface area (Å²) >= 11 is 1.63. The van der Waals surface area contributed by atoms with Crippen LogP contribution in [0.25, 0.3) is 0 Å². The maximum absolute atomic E-state index is 13.1. The summed E-state index contributed by atoms with van der Waals surface area (Å²) in [5, 5.41) is 2.51. The number of carbonyl (C=O) groups is 2. The van der Waals surface area contributed by atoms with Gasteiger partial charge in [-0.25, -0.2) is 0 Å². The van der Waals surface area contributed by atoms with Crippen LogP contribution in [-0.4, -0.2) is 45.9 Å². The Balaban J connectivity index is 1.92. The van der Waals surface area contributed by atoms with E-state index in [0.717, 1.165) is 22.4 Å². The Morgan fingerprint density at radius 1 is 1.23 bits per heavy atom. The Labute approximate surface area is 181 Å². The largest absolute Gasteiger partial charge is 0.355 e. The lowest BCUT2D eigenvalue weighted by atomic mass is 9.95. The number of aryl methyl sites for hydroxylation is 2. The molecule has 2 heterocycles. The summed E-state index contributed by atoms with van der Waals surface area (Å²) < 4.78 is 1.62. The van der Waals surface area contributed by atoms with Crippen molar-refractivity contribution in [3.8, 4) is 0 Å². The number of pyridine rings is 1. The summed E-state index contributed by atoms with van der Waals surface area (Å²) in [5.41, 5.74) is 2.74. The molecule has 1 aromatic carbocycles. The second-order valence-electron chi connectivity index (χ2n) is 7.43. The number of rotatable bonds is 7. The van der Waals surface area contributed by atoms with Crippen molar-refractivity contribution in [3.05, 3.63) is 69.1 Å². The molecule has 2 amide bonds.